The molecule has 47 heavy (non-hydrogen) atoms. The number of halogens is 2. The Labute approximate surface area is 280 Å². The van der Waals surface area contributed by atoms with Gasteiger partial charge >= 0.3 is 0 Å². The van der Waals surface area contributed by atoms with Gasteiger partial charge in [-0.1, -0.05) is 30.7 Å². The molecule has 1 aliphatic carbocycles. The summed E-state index contributed by atoms with van der Waals surface area (Å²) in [5.74, 6) is -0.175. The number of hydrogen-bond acceptors (Lipinski definition) is 7. The maximum Gasteiger partial charge on any atom is 0.260 e. The second kappa shape index (κ2) is 13.6. The first-order chi connectivity index (χ1) is 22.5. The van der Waals surface area contributed by atoms with Crippen molar-refractivity contribution in [2.24, 2.45) is 0 Å². The van der Waals surface area contributed by atoms with Gasteiger partial charge in [-0.3, -0.25) is 14.2 Å². The molecule has 3 heterocycles. The average Bonchev–Trinajstić information content (AvgIpc) is 3.05. The van der Waals surface area contributed by atoms with Crippen LogP contribution in [-0.2, 0) is 4.79 Å². The number of likely N-dealkylation sites (N-methyl/N-ethyl adjacent to an activating group) is 1. The maximum absolute atomic E-state index is 14.6. The Balaban J connectivity index is 1.38. The van der Waals surface area contributed by atoms with Crippen molar-refractivity contribution in [1.29, 1.82) is 0 Å². The van der Waals surface area contributed by atoms with Crippen molar-refractivity contribution in [2.75, 3.05) is 36.9 Å². The number of aryl methyl sites for hydroxylation is 2. The number of aromatic nitrogens is 3. The van der Waals surface area contributed by atoms with Crippen LogP contribution in [-0.4, -0.2) is 64.1 Å². The largest absolute Gasteiger partial charge is 0.368 e. The number of nitrogens with zero attached hydrogens (tertiary/aromatic N) is 5. The van der Waals surface area contributed by atoms with Gasteiger partial charge in [0, 0.05) is 72.7 Å². The average molecular weight is 660 g/mol. The highest BCUT2D eigenvalue weighted by Gasteiger charge is 2.29. The topological polar surface area (TPSA) is 95.4 Å². The van der Waals surface area contributed by atoms with E-state index in [4.69, 9.17) is 16.6 Å². The van der Waals surface area contributed by atoms with Gasteiger partial charge in [-0.2, -0.15) is 4.98 Å². The summed E-state index contributed by atoms with van der Waals surface area (Å²) in [6.45, 7) is 11.0. The van der Waals surface area contributed by atoms with Crippen molar-refractivity contribution in [3.63, 3.8) is 0 Å². The maximum atomic E-state index is 14.6. The Morgan fingerprint density at radius 2 is 1.87 bits per heavy atom. The van der Waals surface area contributed by atoms with Gasteiger partial charge in [0.2, 0.25) is 11.9 Å². The standard InChI is InChI=1S/C36H43ClFN7O2/c1-6-31(46)40-24-10-13-26(14-11-24)45-34-28(23(4)32(35(45)47)27-8-7-9-29(38)33(27)37)19-39-36(42-34)41-25-12-15-30(21(2)18-25)44-17-16-43(5)22(3)20-44/h7-9,12,15,18-19,22,24,26H,6,10-11,13-14,16-17,20H2,1-5H3,(H,40,46)(H,39,41,42)/t22-,24?,26?/m1/s1. The van der Waals surface area contributed by atoms with Gasteiger partial charge in [0.1, 0.15) is 11.5 Å². The number of pyridine rings is 1. The molecule has 1 atom stereocenters. The first-order valence-electron chi connectivity index (χ1n) is 16.5. The van der Waals surface area contributed by atoms with Gasteiger partial charge in [0.05, 0.1) is 10.6 Å². The number of benzene rings is 2. The van der Waals surface area contributed by atoms with Crippen LogP contribution in [0.15, 0.2) is 47.4 Å². The van der Waals surface area contributed by atoms with E-state index in [0.29, 0.717) is 59.0 Å². The zero-order valence-corrected chi connectivity index (χ0v) is 28.5. The SMILES string of the molecule is CCC(=O)NC1CCC(n2c(=O)c(-c3cccc(F)c3Cl)c(C)c3cnc(Nc4ccc(N5CCN(C)[C@H](C)C5)c(C)c4)nc32)CC1. The van der Waals surface area contributed by atoms with E-state index >= 15 is 0 Å². The minimum atomic E-state index is -0.582. The molecule has 0 unspecified atom stereocenters. The molecular weight excluding hydrogens is 617 g/mol. The molecule has 2 aromatic heterocycles. The Bertz CT molecular complexity index is 1870. The number of piperazine rings is 1. The summed E-state index contributed by atoms with van der Waals surface area (Å²) in [7, 11) is 2.17. The minimum absolute atomic E-state index is 0.0271. The summed E-state index contributed by atoms with van der Waals surface area (Å²) in [6.07, 6.45) is 5.00. The van der Waals surface area contributed by atoms with Crippen molar-refractivity contribution < 1.29 is 9.18 Å². The highest BCUT2D eigenvalue weighted by Crippen LogP contribution is 2.36. The van der Waals surface area contributed by atoms with E-state index in [1.165, 1.54) is 11.8 Å². The molecule has 0 spiro atoms. The molecule has 4 aromatic rings. The van der Waals surface area contributed by atoms with Crippen LogP contribution in [0.25, 0.3) is 22.2 Å². The van der Waals surface area contributed by atoms with Crippen molar-refractivity contribution in [1.82, 2.24) is 24.8 Å². The zero-order valence-electron chi connectivity index (χ0n) is 27.7. The summed E-state index contributed by atoms with van der Waals surface area (Å²) in [5.41, 5.74) is 4.81. The molecule has 1 amide bonds. The Kier molecular flexibility index (Phi) is 9.53. The summed E-state index contributed by atoms with van der Waals surface area (Å²) in [5, 5.41) is 7.07. The van der Waals surface area contributed by atoms with E-state index in [9.17, 15) is 14.0 Å². The van der Waals surface area contributed by atoms with Crippen molar-refractivity contribution >= 4 is 45.9 Å². The van der Waals surface area contributed by atoms with E-state index < -0.39 is 5.82 Å². The third-order valence-electron chi connectivity index (χ3n) is 9.93. The fourth-order valence-electron chi connectivity index (χ4n) is 7.04. The van der Waals surface area contributed by atoms with Gasteiger partial charge < -0.3 is 20.4 Å². The lowest BCUT2D eigenvalue weighted by Crippen LogP contribution is -2.50. The second-order valence-electron chi connectivity index (χ2n) is 13.0. The van der Waals surface area contributed by atoms with Gasteiger partial charge in [-0.05, 0) is 88.9 Å². The molecule has 2 N–H and O–H groups in total. The van der Waals surface area contributed by atoms with Gasteiger partial charge in [-0.15, -0.1) is 0 Å². The predicted octanol–water partition coefficient (Wildman–Crippen LogP) is 6.76. The molecule has 0 bridgehead atoms. The van der Waals surface area contributed by atoms with Crippen LogP contribution >= 0.6 is 11.6 Å². The van der Waals surface area contributed by atoms with E-state index in [0.717, 1.165) is 43.7 Å². The summed E-state index contributed by atoms with van der Waals surface area (Å²) in [4.78, 5) is 40.9. The Morgan fingerprint density at radius 3 is 2.57 bits per heavy atom. The minimum Gasteiger partial charge on any atom is -0.368 e. The van der Waals surface area contributed by atoms with Gasteiger partial charge in [0.25, 0.3) is 5.56 Å². The molecule has 2 aliphatic rings. The highest BCUT2D eigenvalue weighted by atomic mass is 35.5. The number of fused-ring (bicyclic) bond motifs is 1. The van der Waals surface area contributed by atoms with Crippen LogP contribution < -0.4 is 21.1 Å². The number of anilines is 3. The fourth-order valence-corrected chi connectivity index (χ4v) is 7.26. The van der Waals surface area contributed by atoms with E-state index in [2.05, 4.69) is 58.4 Å². The lowest BCUT2D eigenvalue weighted by Gasteiger charge is -2.39. The number of rotatable bonds is 7. The first-order valence-corrected chi connectivity index (χ1v) is 16.9. The molecule has 6 rings (SSSR count). The second-order valence-corrected chi connectivity index (χ2v) is 13.4. The molecule has 1 saturated carbocycles. The molecule has 248 valence electrons. The quantitative estimate of drug-likeness (QED) is 0.226. The zero-order chi connectivity index (χ0) is 33.4. The molecule has 2 aromatic carbocycles. The molecular formula is C36H43ClFN7O2. The van der Waals surface area contributed by atoms with Crippen LogP contribution in [0.3, 0.4) is 0 Å². The van der Waals surface area contributed by atoms with Crippen LogP contribution in [0.1, 0.15) is 63.1 Å². The molecule has 0 radical (unpaired) electrons. The third kappa shape index (κ3) is 6.58. The number of hydrogen-bond donors (Lipinski definition) is 2. The van der Waals surface area contributed by atoms with E-state index in [1.807, 2.05) is 19.9 Å². The van der Waals surface area contributed by atoms with Crippen molar-refractivity contribution in [2.45, 2.75) is 77.9 Å². The number of amides is 1. The van der Waals surface area contributed by atoms with Crippen molar-refractivity contribution in [3.8, 4) is 11.1 Å². The van der Waals surface area contributed by atoms with Crippen molar-refractivity contribution in [3.05, 3.63) is 74.9 Å². The number of nitrogens with one attached hydrogen (secondary N) is 2. The molecule has 9 nitrogen and oxygen atoms in total. The fraction of sp³-hybridized carbons (Fsp3) is 0.444. The number of carbonyl (C=O) groups excluding carboxylic acids is 1. The Hall–Kier alpha value is -4.02. The summed E-state index contributed by atoms with van der Waals surface area (Å²) >= 11 is 6.43. The molecule has 1 aliphatic heterocycles. The lowest BCUT2D eigenvalue weighted by atomic mass is 9.90. The highest BCUT2D eigenvalue weighted by molar-refractivity contribution is 6.33. The lowest BCUT2D eigenvalue weighted by molar-refractivity contribution is -0.121. The van der Waals surface area contributed by atoms with E-state index in [1.54, 1.807) is 22.9 Å². The summed E-state index contributed by atoms with van der Waals surface area (Å²) < 4.78 is 16.4. The van der Waals surface area contributed by atoms with Crippen LogP contribution in [0.5, 0.6) is 0 Å². The smallest absolute Gasteiger partial charge is 0.260 e. The predicted molar refractivity (Wildman–Crippen MR) is 187 cm³/mol. The first kappa shape index (κ1) is 32.9. The summed E-state index contributed by atoms with van der Waals surface area (Å²) in [6, 6.07) is 11.2. The van der Waals surface area contributed by atoms with Crippen LogP contribution in [0.2, 0.25) is 5.02 Å². The third-order valence-corrected chi connectivity index (χ3v) is 10.3. The van der Waals surface area contributed by atoms with Gasteiger partial charge in [-0.25, -0.2) is 9.37 Å². The molecule has 1 saturated heterocycles. The Morgan fingerprint density at radius 1 is 1.11 bits per heavy atom. The van der Waals surface area contributed by atoms with Gasteiger partial charge in [0.15, 0.2) is 0 Å². The molecule has 2 fully saturated rings. The van der Waals surface area contributed by atoms with Crippen LogP contribution in [0.4, 0.5) is 21.7 Å². The molecule has 11 heteroatoms. The van der Waals surface area contributed by atoms with E-state index in [-0.39, 0.29) is 28.6 Å². The monoisotopic (exact) mass is 659 g/mol. The number of carbonyl (C=O) groups is 1. The normalized spacial score (nSPS) is 20.4. The van der Waals surface area contributed by atoms with Crippen LogP contribution in [0, 0.1) is 19.7 Å².